The molecule has 2 fully saturated rings. The Labute approximate surface area is 211 Å². The van der Waals surface area contributed by atoms with Gasteiger partial charge in [0.05, 0.1) is 30.9 Å². The zero-order valence-corrected chi connectivity index (χ0v) is 20.3. The molecule has 1 saturated heterocycles. The largest absolute Gasteiger partial charge is 0.497 e. The fourth-order valence-corrected chi connectivity index (χ4v) is 5.72. The third-order valence-corrected chi connectivity index (χ3v) is 7.54. The minimum Gasteiger partial charge on any atom is -0.497 e. The van der Waals surface area contributed by atoms with Crippen molar-refractivity contribution < 1.29 is 36.9 Å². The van der Waals surface area contributed by atoms with Crippen LogP contribution < -0.4 is 19.4 Å². The number of carboxylic acids is 1. The molecule has 2 aliphatic heterocycles. The van der Waals surface area contributed by atoms with E-state index in [1.54, 1.807) is 43.5 Å². The van der Waals surface area contributed by atoms with Crippen LogP contribution >= 0.6 is 0 Å². The van der Waals surface area contributed by atoms with E-state index in [0.29, 0.717) is 35.8 Å². The maximum atomic E-state index is 14.5. The van der Waals surface area contributed by atoms with E-state index in [1.807, 2.05) is 0 Å². The molecule has 2 aromatic carbocycles. The van der Waals surface area contributed by atoms with E-state index in [-0.39, 0.29) is 23.9 Å². The molecule has 0 amide bonds. The van der Waals surface area contributed by atoms with Gasteiger partial charge in [0.15, 0.2) is 0 Å². The third-order valence-electron chi connectivity index (χ3n) is 7.54. The summed E-state index contributed by atoms with van der Waals surface area (Å²) in [5, 5.41) is 14.1. The monoisotopic (exact) mass is 521 g/mol. The highest BCUT2D eigenvalue weighted by Gasteiger charge is 2.49. The minimum absolute atomic E-state index is 0.0674. The number of alkyl halides is 3. The molecule has 2 bridgehead atoms. The maximum absolute atomic E-state index is 14.5. The molecule has 3 aliphatic rings. The highest BCUT2D eigenvalue weighted by atomic mass is 19.4. The summed E-state index contributed by atoms with van der Waals surface area (Å²) in [6.45, 7) is 1.99. The van der Waals surface area contributed by atoms with Gasteiger partial charge < -0.3 is 19.5 Å². The fraction of sp³-hybridized carbons (Fsp3) is 0.462. The number of anilines is 2. The van der Waals surface area contributed by atoms with Crippen molar-refractivity contribution in [3.05, 3.63) is 48.3 Å². The summed E-state index contributed by atoms with van der Waals surface area (Å²) in [6.07, 6.45) is -3.60. The molecule has 7 nitrogen and oxygen atoms in total. The van der Waals surface area contributed by atoms with Gasteiger partial charge >= 0.3 is 12.1 Å². The average molecular weight is 522 g/mol. The number of benzene rings is 2. The summed E-state index contributed by atoms with van der Waals surface area (Å²) in [4.78, 5) is 13.4. The van der Waals surface area contributed by atoms with E-state index in [0.717, 1.165) is 11.4 Å². The van der Waals surface area contributed by atoms with Crippen molar-refractivity contribution in [2.24, 2.45) is 16.9 Å². The molecular formula is C26H27F4N3O4. The molecule has 198 valence electrons. The lowest BCUT2D eigenvalue weighted by Crippen LogP contribution is -2.40. The number of rotatable bonds is 7. The molecule has 0 aromatic heterocycles. The number of carboxylic acid groups (broad SMARTS) is 1. The lowest BCUT2D eigenvalue weighted by molar-refractivity contribution is -0.137. The van der Waals surface area contributed by atoms with E-state index < -0.39 is 36.2 Å². The first-order valence-electron chi connectivity index (χ1n) is 12.1. The number of fused-ring (bicyclic) bond motifs is 2. The van der Waals surface area contributed by atoms with Crippen LogP contribution in [0.5, 0.6) is 11.5 Å². The number of hydrazone groups is 1. The van der Waals surface area contributed by atoms with E-state index in [9.17, 15) is 27.5 Å². The van der Waals surface area contributed by atoms with Crippen LogP contribution in [0.25, 0.3) is 0 Å². The molecule has 2 heterocycles. The topological polar surface area (TPSA) is 74.6 Å². The summed E-state index contributed by atoms with van der Waals surface area (Å²) >= 11 is 0. The van der Waals surface area contributed by atoms with Crippen LogP contribution in [0.2, 0.25) is 0 Å². The number of hydrogen-bond donors (Lipinski definition) is 1. The lowest BCUT2D eigenvalue weighted by Gasteiger charge is -2.33. The number of aliphatic carboxylic acids is 1. The van der Waals surface area contributed by atoms with Gasteiger partial charge in [-0.2, -0.15) is 18.3 Å². The second kappa shape index (κ2) is 9.42. The molecule has 1 saturated carbocycles. The molecule has 2 aromatic rings. The maximum Gasteiger partial charge on any atom is 0.431 e. The van der Waals surface area contributed by atoms with Gasteiger partial charge in [-0.1, -0.05) is 6.92 Å². The second-order valence-electron chi connectivity index (χ2n) is 9.79. The molecular weight excluding hydrogens is 494 g/mol. The van der Waals surface area contributed by atoms with Gasteiger partial charge in [0.25, 0.3) is 0 Å². The normalized spacial score (nSPS) is 27.0. The van der Waals surface area contributed by atoms with E-state index in [2.05, 4.69) is 10.0 Å². The number of halogens is 4. The molecule has 0 spiro atoms. The van der Waals surface area contributed by atoms with Crippen LogP contribution in [0.15, 0.2) is 47.6 Å². The molecule has 37 heavy (non-hydrogen) atoms. The summed E-state index contributed by atoms with van der Waals surface area (Å²) in [5.74, 6) is -1.22. The van der Waals surface area contributed by atoms with Gasteiger partial charge in [0.1, 0.15) is 29.1 Å². The predicted octanol–water partition coefficient (Wildman–Crippen LogP) is 5.10. The van der Waals surface area contributed by atoms with E-state index in [1.165, 1.54) is 13.0 Å². The van der Waals surface area contributed by atoms with Gasteiger partial charge in [-0.25, -0.2) is 4.39 Å². The van der Waals surface area contributed by atoms with Crippen LogP contribution in [0.4, 0.5) is 28.9 Å². The quantitative estimate of drug-likeness (QED) is 0.512. The summed E-state index contributed by atoms with van der Waals surface area (Å²) < 4.78 is 66.2. The molecule has 1 unspecified atom stereocenters. The SMILES string of the molecule is COc1ccc(F)c(N2C[C@@H]3C[C@H]2CC3Oc2ccc(N3N=C(C(F)(F)F)[C@@H](C)[C@@H]3CC(=O)O)cc2)c1. The summed E-state index contributed by atoms with van der Waals surface area (Å²) in [5.41, 5.74) is -0.111. The Morgan fingerprint density at radius 3 is 2.43 bits per heavy atom. The predicted molar refractivity (Wildman–Crippen MR) is 129 cm³/mol. The van der Waals surface area contributed by atoms with Gasteiger partial charge in [-0.3, -0.25) is 9.80 Å². The van der Waals surface area contributed by atoms with Gasteiger partial charge in [-0.15, -0.1) is 0 Å². The Balaban J connectivity index is 1.27. The van der Waals surface area contributed by atoms with Crippen molar-refractivity contribution in [3.63, 3.8) is 0 Å². The highest BCUT2D eigenvalue weighted by Crippen LogP contribution is 2.44. The van der Waals surface area contributed by atoms with Crippen molar-refractivity contribution in [1.29, 1.82) is 0 Å². The lowest BCUT2D eigenvalue weighted by atomic mass is 9.94. The number of nitrogens with zero attached hydrogens (tertiary/aromatic N) is 3. The smallest absolute Gasteiger partial charge is 0.431 e. The molecule has 1 aliphatic carbocycles. The standard InChI is InChI=1S/C26H27F4N3O4/c1-14-21(12-24(34)35)33(31-25(14)26(28,29)30)16-3-5-18(6-4-16)37-23-10-17-9-15(23)13-32(17)22-11-19(36-2)7-8-20(22)27/h3-8,11,14-15,17,21,23H,9-10,12-13H2,1-2H3,(H,34,35)/t14-,15-,17-,21-,23?/m0/s1. The number of piperidine rings is 1. The number of ether oxygens (including phenoxy) is 2. The van der Waals surface area contributed by atoms with Gasteiger partial charge in [0.2, 0.25) is 0 Å². The summed E-state index contributed by atoms with van der Waals surface area (Å²) in [7, 11) is 1.54. The molecule has 5 atom stereocenters. The average Bonchev–Trinajstić information content (AvgIpc) is 3.53. The zero-order valence-electron chi connectivity index (χ0n) is 20.3. The van der Waals surface area contributed by atoms with Crippen LogP contribution in [0, 0.1) is 17.7 Å². The first-order valence-corrected chi connectivity index (χ1v) is 12.1. The van der Waals surface area contributed by atoms with Crippen molar-refractivity contribution in [3.8, 4) is 11.5 Å². The first kappa shape index (κ1) is 25.2. The van der Waals surface area contributed by atoms with Crippen LogP contribution in [0.3, 0.4) is 0 Å². The number of carbonyl (C=O) groups is 1. The zero-order chi connectivity index (χ0) is 26.5. The second-order valence-corrected chi connectivity index (χ2v) is 9.79. The number of methoxy groups -OCH3 is 1. The third kappa shape index (κ3) is 4.78. The van der Waals surface area contributed by atoms with Crippen LogP contribution in [-0.4, -0.2) is 54.8 Å². The Morgan fingerprint density at radius 2 is 1.84 bits per heavy atom. The number of hydrogen-bond acceptors (Lipinski definition) is 6. The van der Waals surface area contributed by atoms with E-state index in [4.69, 9.17) is 9.47 Å². The molecule has 1 N–H and O–H groups in total. The van der Waals surface area contributed by atoms with Crippen LogP contribution in [-0.2, 0) is 4.79 Å². The first-order chi connectivity index (χ1) is 17.5. The Hall–Kier alpha value is -3.50. The van der Waals surface area contributed by atoms with Crippen molar-refractivity contribution in [2.75, 3.05) is 23.6 Å². The van der Waals surface area contributed by atoms with Crippen LogP contribution in [0.1, 0.15) is 26.2 Å². The van der Waals surface area contributed by atoms with Crippen molar-refractivity contribution >= 4 is 23.1 Å². The van der Waals surface area contributed by atoms with E-state index >= 15 is 0 Å². The summed E-state index contributed by atoms with van der Waals surface area (Å²) in [6, 6.07) is 10.4. The Bertz CT molecular complexity index is 1200. The fourth-order valence-electron chi connectivity index (χ4n) is 5.72. The highest BCUT2D eigenvalue weighted by molar-refractivity contribution is 5.95. The molecule has 0 radical (unpaired) electrons. The van der Waals surface area contributed by atoms with Gasteiger partial charge in [-0.05, 0) is 42.8 Å². The Morgan fingerprint density at radius 1 is 1.14 bits per heavy atom. The molecule has 11 heteroatoms. The molecule has 5 rings (SSSR count). The van der Waals surface area contributed by atoms with Crippen molar-refractivity contribution in [1.82, 2.24) is 0 Å². The van der Waals surface area contributed by atoms with Gasteiger partial charge in [0, 0.05) is 36.9 Å². The minimum atomic E-state index is -4.64. The van der Waals surface area contributed by atoms with Crippen molar-refractivity contribution in [2.45, 2.75) is 50.6 Å². The Kier molecular flexibility index (Phi) is 6.41.